The molecule has 134 valence electrons. The second-order valence-electron chi connectivity index (χ2n) is 6.10. The summed E-state index contributed by atoms with van der Waals surface area (Å²) in [6.07, 6.45) is 0. The minimum absolute atomic E-state index is 0.0896. The number of rotatable bonds is 3. The Morgan fingerprint density at radius 1 is 0.821 bits per heavy atom. The minimum atomic E-state index is -0.503. The number of aromatic nitrogens is 1. The molecule has 4 rings (SSSR count). The van der Waals surface area contributed by atoms with Gasteiger partial charge in [0.25, 0.3) is 11.4 Å². The van der Waals surface area contributed by atoms with Crippen LogP contribution in [0.4, 0.5) is 11.4 Å². The third-order valence-electron chi connectivity index (χ3n) is 4.45. The number of fused-ring (bicyclic) bond motifs is 3. The first-order chi connectivity index (χ1) is 13.5. The van der Waals surface area contributed by atoms with E-state index < -0.39 is 9.85 Å². The van der Waals surface area contributed by atoms with Gasteiger partial charge in [-0.2, -0.15) is 5.26 Å². The summed E-state index contributed by atoms with van der Waals surface area (Å²) in [5.74, 6) is 0. The van der Waals surface area contributed by atoms with Crippen molar-refractivity contribution in [2.75, 3.05) is 0 Å². The summed E-state index contributed by atoms with van der Waals surface area (Å²) in [7, 11) is 0. The molecule has 4 aromatic rings. The van der Waals surface area contributed by atoms with Crippen molar-refractivity contribution in [2.45, 2.75) is 0 Å². The highest BCUT2D eigenvalue weighted by atomic mass is 16.6. The monoisotopic (exact) mass is 370 g/mol. The van der Waals surface area contributed by atoms with Crippen molar-refractivity contribution >= 4 is 33.1 Å². The Bertz CT molecular complexity index is 1340. The molecule has 1 heterocycles. The highest BCUT2D eigenvalue weighted by Gasteiger charge is 2.17. The van der Waals surface area contributed by atoms with Gasteiger partial charge < -0.3 is 0 Å². The Labute approximate surface area is 157 Å². The Balaban J connectivity index is 2.13. The summed E-state index contributed by atoms with van der Waals surface area (Å²) < 4.78 is 0. The maximum atomic E-state index is 11.2. The summed E-state index contributed by atoms with van der Waals surface area (Å²) in [4.78, 5) is 25.9. The number of nitrogens with zero attached hydrogens (tertiary/aromatic N) is 4. The average Bonchev–Trinajstić information content (AvgIpc) is 2.72. The van der Waals surface area contributed by atoms with Crippen molar-refractivity contribution in [2.24, 2.45) is 0 Å². The van der Waals surface area contributed by atoms with Crippen LogP contribution in [0.2, 0.25) is 0 Å². The summed E-state index contributed by atoms with van der Waals surface area (Å²) in [6.45, 7) is 0. The molecule has 0 aliphatic carbocycles. The van der Waals surface area contributed by atoms with Crippen LogP contribution in [0.25, 0.3) is 32.9 Å². The number of benzene rings is 3. The van der Waals surface area contributed by atoms with E-state index in [0.29, 0.717) is 38.5 Å². The molecule has 0 amide bonds. The van der Waals surface area contributed by atoms with Crippen LogP contribution in [-0.2, 0) is 0 Å². The van der Waals surface area contributed by atoms with Crippen LogP contribution in [0.5, 0.6) is 0 Å². The van der Waals surface area contributed by atoms with Gasteiger partial charge in [0.1, 0.15) is 0 Å². The van der Waals surface area contributed by atoms with E-state index in [1.54, 1.807) is 36.4 Å². The highest BCUT2D eigenvalue weighted by Crippen LogP contribution is 2.35. The van der Waals surface area contributed by atoms with E-state index in [0.717, 1.165) is 0 Å². The van der Waals surface area contributed by atoms with Gasteiger partial charge in [0.05, 0.1) is 32.7 Å². The Morgan fingerprint density at radius 3 is 2.18 bits per heavy atom. The molecule has 0 aliphatic rings. The number of pyridine rings is 1. The molecule has 0 unspecified atom stereocenters. The zero-order valence-corrected chi connectivity index (χ0v) is 14.2. The number of nitro benzene ring substituents is 2. The van der Waals surface area contributed by atoms with Crippen LogP contribution in [0.1, 0.15) is 5.56 Å². The van der Waals surface area contributed by atoms with Crippen LogP contribution >= 0.6 is 0 Å². The quantitative estimate of drug-likeness (QED) is 0.291. The van der Waals surface area contributed by atoms with E-state index in [1.165, 1.54) is 24.3 Å². The Hall–Kier alpha value is -4.38. The summed E-state index contributed by atoms with van der Waals surface area (Å²) in [5.41, 5.74) is 1.64. The maximum Gasteiger partial charge on any atom is 0.271 e. The first-order valence-corrected chi connectivity index (χ1v) is 8.15. The summed E-state index contributed by atoms with van der Waals surface area (Å²) in [6, 6.07) is 17.5. The number of nitriles is 1. The number of nitro groups is 2. The fourth-order valence-corrected chi connectivity index (χ4v) is 3.17. The molecule has 3 aromatic carbocycles. The zero-order valence-electron chi connectivity index (χ0n) is 14.2. The lowest BCUT2D eigenvalue weighted by Crippen LogP contribution is -1.94. The van der Waals surface area contributed by atoms with E-state index in [9.17, 15) is 25.5 Å². The van der Waals surface area contributed by atoms with Crippen LogP contribution in [0.3, 0.4) is 0 Å². The molecule has 1 aromatic heterocycles. The molecule has 0 fully saturated rings. The Kier molecular flexibility index (Phi) is 3.90. The molecular formula is C20H10N4O4. The lowest BCUT2D eigenvalue weighted by atomic mass is 9.98. The molecular weight excluding hydrogens is 360 g/mol. The number of hydrogen-bond acceptors (Lipinski definition) is 6. The van der Waals surface area contributed by atoms with Crippen molar-refractivity contribution in [1.82, 2.24) is 4.98 Å². The van der Waals surface area contributed by atoms with E-state index >= 15 is 0 Å². The van der Waals surface area contributed by atoms with E-state index in [4.69, 9.17) is 0 Å². The average molecular weight is 370 g/mol. The van der Waals surface area contributed by atoms with E-state index in [1.807, 2.05) is 0 Å². The van der Waals surface area contributed by atoms with Gasteiger partial charge in [0.2, 0.25) is 0 Å². The van der Waals surface area contributed by atoms with E-state index in [2.05, 4.69) is 11.1 Å². The second kappa shape index (κ2) is 6.41. The van der Waals surface area contributed by atoms with Gasteiger partial charge in [-0.1, -0.05) is 12.1 Å². The lowest BCUT2D eigenvalue weighted by molar-refractivity contribution is -0.384. The highest BCUT2D eigenvalue weighted by molar-refractivity contribution is 6.11. The molecule has 0 saturated heterocycles. The maximum absolute atomic E-state index is 11.2. The molecule has 28 heavy (non-hydrogen) atoms. The minimum Gasteiger partial charge on any atom is -0.258 e. The smallest absolute Gasteiger partial charge is 0.258 e. The molecule has 0 saturated carbocycles. The van der Waals surface area contributed by atoms with Crippen molar-refractivity contribution in [3.63, 3.8) is 0 Å². The van der Waals surface area contributed by atoms with Gasteiger partial charge >= 0.3 is 0 Å². The second-order valence-corrected chi connectivity index (χ2v) is 6.10. The van der Waals surface area contributed by atoms with Crippen LogP contribution in [0.15, 0.2) is 60.7 Å². The third kappa shape index (κ3) is 2.77. The van der Waals surface area contributed by atoms with Crippen LogP contribution in [0, 0.1) is 31.6 Å². The fourth-order valence-electron chi connectivity index (χ4n) is 3.17. The third-order valence-corrected chi connectivity index (χ3v) is 4.45. The van der Waals surface area contributed by atoms with Gasteiger partial charge in [-0.15, -0.1) is 0 Å². The van der Waals surface area contributed by atoms with E-state index in [-0.39, 0.29) is 11.4 Å². The van der Waals surface area contributed by atoms with Gasteiger partial charge in [0.15, 0.2) is 0 Å². The lowest BCUT2D eigenvalue weighted by Gasteiger charge is -2.10. The van der Waals surface area contributed by atoms with Gasteiger partial charge in [-0.3, -0.25) is 20.2 Å². The molecule has 0 bridgehead atoms. The fraction of sp³-hybridized carbons (Fsp3) is 0. The zero-order chi connectivity index (χ0) is 19.8. The molecule has 8 nitrogen and oxygen atoms in total. The SMILES string of the molecule is N#Cc1cccc(-c2nc3cc([N+](=O)[O-])ccc3c3ccc([N+](=O)[O-])cc23)c1. The van der Waals surface area contributed by atoms with Crippen molar-refractivity contribution in [3.05, 3.63) is 86.5 Å². The molecule has 0 spiro atoms. The first kappa shape index (κ1) is 17.1. The Morgan fingerprint density at radius 2 is 1.50 bits per heavy atom. The molecule has 8 heteroatoms. The number of hydrogen-bond donors (Lipinski definition) is 0. The molecule has 0 atom stereocenters. The normalized spacial score (nSPS) is 10.7. The predicted octanol–water partition coefficient (Wildman–Crippen LogP) is 4.74. The largest absolute Gasteiger partial charge is 0.271 e. The molecule has 0 N–H and O–H groups in total. The predicted molar refractivity (Wildman–Crippen MR) is 103 cm³/mol. The van der Waals surface area contributed by atoms with Gasteiger partial charge in [0, 0.05) is 40.6 Å². The topological polar surface area (TPSA) is 123 Å². The van der Waals surface area contributed by atoms with Gasteiger partial charge in [-0.25, -0.2) is 4.98 Å². The molecule has 0 radical (unpaired) electrons. The van der Waals surface area contributed by atoms with Crippen LogP contribution in [-0.4, -0.2) is 14.8 Å². The molecule has 0 aliphatic heterocycles. The standard InChI is InChI=1S/C20H10N4O4/c21-11-12-2-1-3-13(8-12)20-18-9-14(23(25)26)4-6-16(18)17-7-5-15(24(27)28)10-19(17)22-20/h1-10H. The van der Waals surface area contributed by atoms with Crippen LogP contribution < -0.4 is 0 Å². The van der Waals surface area contributed by atoms with Crippen molar-refractivity contribution in [3.8, 4) is 17.3 Å². The first-order valence-electron chi connectivity index (χ1n) is 8.15. The van der Waals surface area contributed by atoms with Crippen molar-refractivity contribution < 1.29 is 9.85 Å². The summed E-state index contributed by atoms with van der Waals surface area (Å²) >= 11 is 0. The summed E-state index contributed by atoms with van der Waals surface area (Å²) in [5, 5.41) is 33.4. The van der Waals surface area contributed by atoms with Crippen molar-refractivity contribution in [1.29, 1.82) is 5.26 Å². The number of non-ortho nitro benzene ring substituents is 2. The van der Waals surface area contributed by atoms with Gasteiger partial charge in [-0.05, 0) is 29.7 Å².